The molecule has 0 aromatic carbocycles. The number of nitrogens with zero attached hydrogens (tertiary/aromatic N) is 1. The van der Waals surface area contributed by atoms with Crippen molar-refractivity contribution in [2.45, 2.75) is 24.5 Å². The molecule has 16 heavy (non-hydrogen) atoms. The quantitative estimate of drug-likeness (QED) is 0.660. The number of nitrogens with one attached hydrogen (secondary N) is 1. The Morgan fingerprint density at radius 2 is 2.25 bits per heavy atom. The molecule has 5 nitrogen and oxygen atoms in total. The van der Waals surface area contributed by atoms with Crippen molar-refractivity contribution in [3.05, 3.63) is 30.1 Å². The van der Waals surface area contributed by atoms with Gasteiger partial charge in [0.1, 0.15) is 6.04 Å². The summed E-state index contributed by atoms with van der Waals surface area (Å²) in [6, 6.07) is 3.00. The third-order valence-corrected chi connectivity index (χ3v) is 2.84. The summed E-state index contributed by atoms with van der Waals surface area (Å²) >= 11 is 0. The second-order valence-corrected chi connectivity index (χ2v) is 4.23. The molecule has 1 saturated heterocycles. The first-order valence-corrected chi connectivity index (χ1v) is 5.17. The smallest absolute Gasteiger partial charge is 0.320 e. The Labute approximate surface area is 93.1 Å². The maximum atomic E-state index is 10.8. The lowest BCUT2D eigenvalue weighted by molar-refractivity contribution is -0.139. The number of aliphatic hydroxyl groups is 1. The molecule has 0 radical (unpaired) electrons. The predicted molar refractivity (Wildman–Crippen MR) is 56.9 cm³/mol. The first-order valence-electron chi connectivity index (χ1n) is 5.17. The Morgan fingerprint density at radius 1 is 1.56 bits per heavy atom. The van der Waals surface area contributed by atoms with Crippen molar-refractivity contribution in [1.29, 1.82) is 0 Å². The third kappa shape index (κ3) is 2.37. The summed E-state index contributed by atoms with van der Waals surface area (Å²) < 4.78 is 0. The van der Waals surface area contributed by atoms with Crippen molar-refractivity contribution in [3.8, 4) is 0 Å². The van der Waals surface area contributed by atoms with E-state index in [0.29, 0.717) is 13.0 Å². The largest absolute Gasteiger partial charge is 0.480 e. The van der Waals surface area contributed by atoms with Gasteiger partial charge in [0.15, 0.2) is 0 Å². The van der Waals surface area contributed by atoms with Crippen LogP contribution in [0, 0.1) is 0 Å². The molecule has 1 aliphatic heterocycles. The molecule has 0 spiro atoms. The summed E-state index contributed by atoms with van der Waals surface area (Å²) in [6.07, 6.45) is 4.02. The van der Waals surface area contributed by atoms with E-state index in [1.807, 2.05) is 12.1 Å². The van der Waals surface area contributed by atoms with Crippen LogP contribution in [-0.4, -0.2) is 39.4 Å². The third-order valence-electron chi connectivity index (χ3n) is 2.84. The SMILES string of the molecule is O=C(O)[C@@H]1CC(O)(Cc2ccncc2)CN1. The minimum absolute atomic E-state index is 0.241. The van der Waals surface area contributed by atoms with Gasteiger partial charge in [0, 0.05) is 31.8 Å². The molecule has 1 aromatic rings. The zero-order valence-corrected chi connectivity index (χ0v) is 8.76. The second kappa shape index (κ2) is 4.19. The van der Waals surface area contributed by atoms with Crippen LogP contribution in [0.4, 0.5) is 0 Å². The Hall–Kier alpha value is -1.46. The molecule has 0 amide bonds. The van der Waals surface area contributed by atoms with Gasteiger partial charge in [0.05, 0.1) is 5.60 Å². The summed E-state index contributed by atoms with van der Waals surface area (Å²) in [7, 11) is 0. The normalized spacial score (nSPS) is 29.2. The predicted octanol–water partition coefficient (Wildman–Crippen LogP) is -0.198. The molecule has 0 saturated carbocycles. The fourth-order valence-corrected chi connectivity index (χ4v) is 2.03. The lowest BCUT2D eigenvalue weighted by Gasteiger charge is -2.21. The topological polar surface area (TPSA) is 82.5 Å². The van der Waals surface area contributed by atoms with Crippen molar-refractivity contribution in [3.63, 3.8) is 0 Å². The lowest BCUT2D eigenvalue weighted by Crippen LogP contribution is -2.33. The number of rotatable bonds is 3. The number of aliphatic carboxylic acids is 1. The van der Waals surface area contributed by atoms with E-state index in [4.69, 9.17) is 5.11 Å². The highest BCUT2D eigenvalue weighted by atomic mass is 16.4. The molecular weight excluding hydrogens is 208 g/mol. The van der Waals surface area contributed by atoms with Gasteiger partial charge < -0.3 is 15.5 Å². The number of aromatic nitrogens is 1. The molecule has 1 aromatic heterocycles. The Kier molecular flexibility index (Phi) is 2.89. The first kappa shape index (κ1) is 11.0. The van der Waals surface area contributed by atoms with E-state index >= 15 is 0 Å². The van der Waals surface area contributed by atoms with Gasteiger partial charge in [0.25, 0.3) is 0 Å². The van der Waals surface area contributed by atoms with Crippen LogP contribution in [-0.2, 0) is 11.2 Å². The molecule has 1 unspecified atom stereocenters. The number of carboxylic acids is 1. The minimum Gasteiger partial charge on any atom is -0.480 e. The molecule has 0 bridgehead atoms. The van der Waals surface area contributed by atoms with E-state index in [-0.39, 0.29) is 6.42 Å². The van der Waals surface area contributed by atoms with Gasteiger partial charge in [-0.1, -0.05) is 0 Å². The maximum Gasteiger partial charge on any atom is 0.320 e. The van der Waals surface area contributed by atoms with Crippen molar-refractivity contribution in [2.24, 2.45) is 0 Å². The lowest BCUT2D eigenvalue weighted by atomic mass is 9.92. The maximum absolute atomic E-state index is 10.8. The van der Waals surface area contributed by atoms with E-state index in [9.17, 15) is 9.90 Å². The van der Waals surface area contributed by atoms with Crippen LogP contribution >= 0.6 is 0 Å². The average molecular weight is 222 g/mol. The van der Waals surface area contributed by atoms with Crippen molar-refractivity contribution < 1.29 is 15.0 Å². The van der Waals surface area contributed by atoms with Gasteiger partial charge in [0.2, 0.25) is 0 Å². The van der Waals surface area contributed by atoms with Crippen LogP contribution in [0.25, 0.3) is 0 Å². The van der Waals surface area contributed by atoms with Crippen LogP contribution in [0.1, 0.15) is 12.0 Å². The number of pyridine rings is 1. The van der Waals surface area contributed by atoms with Gasteiger partial charge >= 0.3 is 5.97 Å². The number of carboxylic acid groups (broad SMARTS) is 1. The highest BCUT2D eigenvalue weighted by molar-refractivity contribution is 5.74. The van der Waals surface area contributed by atoms with Crippen molar-refractivity contribution in [2.75, 3.05) is 6.54 Å². The number of hydrogen-bond donors (Lipinski definition) is 3. The molecule has 1 fully saturated rings. The summed E-state index contributed by atoms with van der Waals surface area (Å²) in [5.74, 6) is -0.911. The zero-order valence-electron chi connectivity index (χ0n) is 8.76. The number of hydrogen-bond acceptors (Lipinski definition) is 4. The van der Waals surface area contributed by atoms with Crippen LogP contribution in [0.2, 0.25) is 0 Å². The van der Waals surface area contributed by atoms with Gasteiger partial charge in [-0.15, -0.1) is 0 Å². The van der Waals surface area contributed by atoms with Crippen molar-refractivity contribution in [1.82, 2.24) is 10.3 Å². The second-order valence-electron chi connectivity index (χ2n) is 4.23. The first-order chi connectivity index (χ1) is 7.59. The Bertz CT molecular complexity index is 382. The van der Waals surface area contributed by atoms with Crippen molar-refractivity contribution >= 4 is 5.97 Å². The fourth-order valence-electron chi connectivity index (χ4n) is 2.03. The molecular formula is C11H14N2O3. The van der Waals surface area contributed by atoms with Crippen LogP contribution < -0.4 is 5.32 Å². The minimum atomic E-state index is -0.968. The van der Waals surface area contributed by atoms with E-state index in [2.05, 4.69) is 10.3 Å². The summed E-state index contributed by atoms with van der Waals surface area (Å²) in [4.78, 5) is 14.7. The molecule has 1 aliphatic rings. The highest BCUT2D eigenvalue weighted by Gasteiger charge is 2.40. The van der Waals surface area contributed by atoms with Gasteiger partial charge in [-0.3, -0.25) is 9.78 Å². The number of carbonyl (C=O) groups is 1. The monoisotopic (exact) mass is 222 g/mol. The van der Waals surface area contributed by atoms with E-state index < -0.39 is 17.6 Å². The van der Waals surface area contributed by atoms with Crippen LogP contribution in [0.5, 0.6) is 0 Å². The highest BCUT2D eigenvalue weighted by Crippen LogP contribution is 2.23. The Balaban J connectivity index is 2.03. The molecule has 2 atom stereocenters. The van der Waals surface area contributed by atoms with Gasteiger partial charge in [-0.05, 0) is 17.7 Å². The Morgan fingerprint density at radius 3 is 2.81 bits per heavy atom. The fraction of sp³-hybridized carbons (Fsp3) is 0.455. The zero-order chi connectivity index (χ0) is 11.6. The van der Waals surface area contributed by atoms with E-state index in [1.54, 1.807) is 12.4 Å². The molecule has 2 rings (SSSR count). The molecule has 3 N–H and O–H groups in total. The average Bonchev–Trinajstić information content (AvgIpc) is 2.62. The van der Waals surface area contributed by atoms with E-state index in [0.717, 1.165) is 5.56 Å². The number of β-amino-alcohol motifs (C(OH)–C–C–N with tert-alkyl or cyclic N) is 1. The van der Waals surface area contributed by atoms with Gasteiger partial charge in [-0.2, -0.15) is 0 Å². The van der Waals surface area contributed by atoms with Gasteiger partial charge in [-0.25, -0.2) is 0 Å². The summed E-state index contributed by atoms with van der Waals surface area (Å²) in [6.45, 7) is 0.312. The molecule has 5 heteroatoms. The molecule has 0 aliphatic carbocycles. The molecule has 86 valence electrons. The van der Waals surface area contributed by atoms with Crippen LogP contribution in [0.15, 0.2) is 24.5 Å². The van der Waals surface area contributed by atoms with Crippen LogP contribution in [0.3, 0.4) is 0 Å². The standard InChI is InChI=1S/C11H14N2O3/c14-10(15)9-6-11(16,7-13-9)5-8-1-3-12-4-2-8/h1-4,9,13,16H,5-7H2,(H,14,15)/t9-,11?/m0/s1. The molecule has 2 heterocycles. The van der Waals surface area contributed by atoms with E-state index in [1.165, 1.54) is 0 Å². The summed E-state index contributed by atoms with van der Waals surface area (Å²) in [5.41, 5.74) is -0.00457. The summed E-state index contributed by atoms with van der Waals surface area (Å²) in [5, 5.41) is 21.8.